The van der Waals surface area contributed by atoms with Crippen LogP contribution in [0.25, 0.3) is 0 Å². The van der Waals surface area contributed by atoms with Gasteiger partial charge in [0, 0.05) is 36.2 Å². The van der Waals surface area contributed by atoms with Gasteiger partial charge in [-0.25, -0.2) is 4.98 Å². The van der Waals surface area contributed by atoms with Gasteiger partial charge in [0.25, 0.3) is 0 Å². The smallest absolute Gasteiger partial charge is 0.185 e. The van der Waals surface area contributed by atoms with Crippen molar-refractivity contribution in [2.45, 2.75) is 38.3 Å². The van der Waals surface area contributed by atoms with Gasteiger partial charge in [-0.3, -0.25) is 0 Å². The molecule has 1 fully saturated rings. The average molecular weight is 285 g/mol. The highest BCUT2D eigenvalue weighted by molar-refractivity contribution is 7.98. The Labute approximate surface area is 118 Å². The van der Waals surface area contributed by atoms with Crippen LogP contribution >= 0.6 is 23.1 Å². The van der Waals surface area contributed by atoms with Gasteiger partial charge in [0.15, 0.2) is 5.13 Å². The molecule has 1 saturated carbocycles. The zero-order valence-corrected chi connectivity index (χ0v) is 13.3. The molecule has 0 saturated heterocycles. The van der Waals surface area contributed by atoms with Gasteiger partial charge in [-0.2, -0.15) is 11.8 Å². The van der Waals surface area contributed by atoms with Crippen LogP contribution in [0.3, 0.4) is 0 Å². The van der Waals surface area contributed by atoms with Gasteiger partial charge in [0.1, 0.15) is 0 Å². The second-order valence-electron chi connectivity index (χ2n) is 5.02. The molecule has 1 heterocycles. The van der Waals surface area contributed by atoms with E-state index < -0.39 is 0 Å². The highest BCUT2D eigenvalue weighted by Crippen LogP contribution is 2.44. The first-order chi connectivity index (χ1) is 8.67. The van der Waals surface area contributed by atoms with Crippen molar-refractivity contribution in [2.75, 3.05) is 31.0 Å². The molecular weight excluding hydrogens is 262 g/mol. The number of hydrogen-bond acceptors (Lipinski definition) is 5. The van der Waals surface area contributed by atoms with Crippen LogP contribution < -0.4 is 10.2 Å². The van der Waals surface area contributed by atoms with Crippen LogP contribution in [0.5, 0.6) is 0 Å². The predicted octanol–water partition coefficient (Wildman–Crippen LogP) is 2.93. The third-order valence-electron chi connectivity index (χ3n) is 3.39. The van der Waals surface area contributed by atoms with E-state index in [1.807, 2.05) is 30.1 Å². The lowest BCUT2D eigenvalue weighted by Crippen LogP contribution is -2.30. The Kier molecular flexibility index (Phi) is 4.92. The van der Waals surface area contributed by atoms with Crippen molar-refractivity contribution in [1.29, 1.82) is 0 Å². The lowest BCUT2D eigenvalue weighted by molar-refractivity contribution is 0.758. The number of anilines is 1. The number of rotatable bonds is 7. The van der Waals surface area contributed by atoms with Crippen molar-refractivity contribution in [2.24, 2.45) is 0 Å². The lowest BCUT2D eigenvalue weighted by Gasteiger charge is -2.23. The van der Waals surface area contributed by atoms with Gasteiger partial charge in [0.2, 0.25) is 0 Å². The van der Waals surface area contributed by atoms with Crippen LogP contribution in [0.15, 0.2) is 0 Å². The molecular formula is C13H23N3S2. The number of thiazole rings is 1. The molecule has 0 spiro atoms. The molecule has 0 bridgehead atoms. The molecule has 1 aromatic rings. The van der Waals surface area contributed by atoms with E-state index in [0.29, 0.717) is 6.04 Å². The van der Waals surface area contributed by atoms with Gasteiger partial charge >= 0.3 is 0 Å². The first-order valence-electron chi connectivity index (χ1n) is 6.53. The Morgan fingerprint density at radius 3 is 2.83 bits per heavy atom. The van der Waals surface area contributed by atoms with Crippen molar-refractivity contribution in [1.82, 2.24) is 10.3 Å². The largest absolute Gasteiger partial charge is 0.348 e. The third kappa shape index (κ3) is 3.19. The summed E-state index contributed by atoms with van der Waals surface area (Å²) in [5, 5.41) is 4.45. The fourth-order valence-corrected chi connectivity index (χ4v) is 3.93. The normalized spacial score (nSPS) is 16.9. The van der Waals surface area contributed by atoms with Crippen LogP contribution in [0.2, 0.25) is 0 Å². The standard InChI is InChI=1S/C13H23N3S2/c1-9(8-17-4)16(3)13-15-12(10-5-6-10)11(18-13)7-14-2/h9-10,14H,5-8H2,1-4H3. The predicted molar refractivity (Wildman–Crippen MR) is 83.1 cm³/mol. The summed E-state index contributed by atoms with van der Waals surface area (Å²) >= 11 is 3.75. The summed E-state index contributed by atoms with van der Waals surface area (Å²) in [7, 11) is 4.18. The molecule has 1 aliphatic carbocycles. The minimum absolute atomic E-state index is 0.542. The molecule has 5 heteroatoms. The van der Waals surface area contributed by atoms with Crippen molar-refractivity contribution in [3.05, 3.63) is 10.6 Å². The molecule has 1 aromatic heterocycles. The molecule has 0 aromatic carbocycles. The minimum Gasteiger partial charge on any atom is -0.348 e. The fraction of sp³-hybridized carbons (Fsp3) is 0.769. The molecule has 102 valence electrons. The summed E-state index contributed by atoms with van der Waals surface area (Å²) in [5.41, 5.74) is 1.35. The van der Waals surface area contributed by atoms with Gasteiger partial charge in [-0.15, -0.1) is 11.3 Å². The molecule has 1 aliphatic rings. The van der Waals surface area contributed by atoms with Crippen LogP contribution in [0, 0.1) is 0 Å². The van der Waals surface area contributed by atoms with Crippen LogP contribution in [-0.2, 0) is 6.54 Å². The second kappa shape index (κ2) is 6.26. The van der Waals surface area contributed by atoms with E-state index in [2.05, 4.69) is 30.4 Å². The summed E-state index contributed by atoms with van der Waals surface area (Å²) < 4.78 is 0. The minimum atomic E-state index is 0.542. The fourth-order valence-electron chi connectivity index (χ4n) is 2.01. The second-order valence-corrected chi connectivity index (χ2v) is 7.00. The Balaban J connectivity index is 2.14. The quantitative estimate of drug-likeness (QED) is 0.834. The summed E-state index contributed by atoms with van der Waals surface area (Å²) in [4.78, 5) is 8.64. The Bertz CT molecular complexity index is 388. The first-order valence-corrected chi connectivity index (χ1v) is 8.74. The maximum Gasteiger partial charge on any atom is 0.185 e. The number of nitrogens with one attached hydrogen (secondary N) is 1. The van der Waals surface area contributed by atoms with E-state index >= 15 is 0 Å². The van der Waals surface area contributed by atoms with Gasteiger partial charge in [0.05, 0.1) is 5.69 Å². The highest BCUT2D eigenvalue weighted by atomic mass is 32.2. The molecule has 0 amide bonds. The van der Waals surface area contributed by atoms with Gasteiger partial charge < -0.3 is 10.2 Å². The van der Waals surface area contributed by atoms with Crippen molar-refractivity contribution < 1.29 is 0 Å². The molecule has 0 radical (unpaired) electrons. The Morgan fingerprint density at radius 2 is 2.28 bits per heavy atom. The van der Waals surface area contributed by atoms with Crippen LogP contribution in [0.4, 0.5) is 5.13 Å². The summed E-state index contributed by atoms with van der Waals surface area (Å²) in [6.07, 6.45) is 4.81. The number of nitrogens with zero attached hydrogens (tertiary/aromatic N) is 2. The monoisotopic (exact) mass is 285 g/mol. The molecule has 1 N–H and O–H groups in total. The molecule has 3 nitrogen and oxygen atoms in total. The van der Waals surface area contributed by atoms with E-state index in [0.717, 1.165) is 18.2 Å². The topological polar surface area (TPSA) is 28.2 Å². The number of aromatic nitrogens is 1. The van der Waals surface area contributed by atoms with Crippen molar-refractivity contribution in [3.63, 3.8) is 0 Å². The molecule has 2 rings (SSSR count). The van der Waals surface area contributed by atoms with Gasteiger partial charge in [-0.1, -0.05) is 0 Å². The maximum atomic E-state index is 4.89. The van der Waals surface area contributed by atoms with Crippen LogP contribution in [0.1, 0.15) is 36.3 Å². The van der Waals surface area contributed by atoms with Crippen molar-refractivity contribution in [3.8, 4) is 0 Å². The summed E-state index contributed by atoms with van der Waals surface area (Å²) in [6.45, 7) is 3.22. The average Bonchev–Trinajstić information content (AvgIpc) is 3.11. The lowest BCUT2D eigenvalue weighted by atomic mass is 10.2. The Hall–Kier alpha value is -0.260. The zero-order valence-electron chi connectivity index (χ0n) is 11.7. The number of hydrogen-bond donors (Lipinski definition) is 1. The molecule has 18 heavy (non-hydrogen) atoms. The highest BCUT2D eigenvalue weighted by Gasteiger charge is 2.30. The summed E-state index contributed by atoms with van der Waals surface area (Å²) in [5.74, 6) is 1.89. The van der Waals surface area contributed by atoms with E-state index in [1.54, 1.807) is 0 Å². The number of thioether (sulfide) groups is 1. The van der Waals surface area contributed by atoms with E-state index in [-0.39, 0.29) is 0 Å². The summed E-state index contributed by atoms with van der Waals surface area (Å²) in [6, 6.07) is 0.542. The maximum absolute atomic E-state index is 4.89. The van der Waals surface area contributed by atoms with Crippen LogP contribution in [-0.4, -0.2) is 37.1 Å². The van der Waals surface area contributed by atoms with E-state index in [1.165, 1.54) is 28.5 Å². The van der Waals surface area contributed by atoms with E-state index in [9.17, 15) is 0 Å². The first kappa shape index (κ1) is 14.2. The zero-order chi connectivity index (χ0) is 13.1. The SMILES string of the molecule is CNCc1sc(N(C)C(C)CSC)nc1C1CC1. The molecule has 1 unspecified atom stereocenters. The third-order valence-corrected chi connectivity index (χ3v) is 5.37. The van der Waals surface area contributed by atoms with Crippen molar-refractivity contribution >= 4 is 28.2 Å². The van der Waals surface area contributed by atoms with Gasteiger partial charge in [-0.05, 0) is 33.1 Å². The molecule has 0 aliphatic heterocycles. The van der Waals surface area contributed by atoms with E-state index in [4.69, 9.17) is 4.98 Å². The molecule has 1 atom stereocenters. The Morgan fingerprint density at radius 1 is 1.56 bits per heavy atom.